The maximum atomic E-state index is 13.6. The van der Waals surface area contributed by atoms with Crippen molar-refractivity contribution in [1.29, 1.82) is 0 Å². The molecule has 0 saturated carbocycles. The summed E-state index contributed by atoms with van der Waals surface area (Å²) in [5, 5.41) is 5.81. The van der Waals surface area contributed by atoms with Crippen LogP contribution in [0.2, 0.25) is 0 Å². The number of amides is 1. The smallest absolute Gasteiger partial charge is 0.270 e. The van der Waals surface area contributed by atoms with Gasteiger partial charge >= 0.3 is 0 Å². The number of rotatable bonds is 6. The molecule has 0 aliphatic heterocycles. The second-order valence-corrected chi connectivity index (χ2v) is 5.40. The molecule has 0 aliphatic carbocycles. The number of aromatic nitrogens is 2. The Morgan fingerprint density at radius 2 is 1.72 bits per heavy atom. The van der Waals surface area contributed by atoms with E-state index < -0.39 is 0 Å². The largest absolute Gasteiger partial charge is 0.366 e. The lowest BCUT2D eigenvalue weighted by Gasteiger charge is -2.08. The standard InChI is InChI=1S/C19H17FN4O/c20-16-9-5-4-8-15(16)12-22-19(25)17-10-18(24-13-23-17)21-11-14-6-2-1-3-7-14/h1-10,13H,11-12H2,(H,22,25)(H,21,23,24). The Labute approximate surface area is 145 Å². The van der Waals surface area contributed by atoms with Crippen LogP contribution in [-0.4, -0.2) is 15.9 Å². The van der Waals surface area contributed by atoms with Crippen molar-refractivity contribution in [1.82, 2.24) is 15.3 Å². The van der Waals surface area contributed by atoms with Crippen LogP contribution >= 0.6 is 0 Å². The van der Waals surface area contributed by atoms with Gasteiger partial charge in [0.1, 0.15) is 23.7 Å². The monoisotopic (exact) mass is 336 g/mol. The van der Waals surface area contributed by atoms with Crippen molar-refractivity contribution in [3.05, 3.63) is 89.6 Å². The van der Waals surface area contributed by atoms with Gasteiger partial charge in [-0.2, -0.15) is 0 Å². The number of benzene rings is 2. The Balaban J connectivity index is 1.60. The number of hydrogen-bond acceptors (Lipinski definition) is 4. The fourth-order valence-electron chi connectivity index (χ4n) is 2.27. The summed E-state index contributed by atoms with van der Waals surface area (Å²) in [6.45, 7) is 0.691. The van der Waals surface area contributed by atoms with E-state index in [2.05, 4.69) is 20.6 Å². The van der Waals surface area contributed by atoms with E-state index in [1.807, 2.05) is 30.3 Å². The number of nitrogens with zero attached hydrogens (tertiary/aromatic N) is 2. The summed E-state index contributed by atoms with van der Waals surface area (Å²) in [7, 11) is 0. The van der Waals surface area contributed by atoms with Gasteiger partial charge in [0, 0.05) is 24.7 Å². The van der Waals surface area contributed by atoms with Crippen molar-refractivity contribution in [3.63, 3.8) is 0 Å². The Morgan fingerprint density at radius 1 is 0.960 bits per heavy atom. The van der Waals surface area contributed by atoms with Gasteiger partial charge in [0.2, 0.25) is 0 Å². The van der Waals surface area contributed by atoms with Gasteiger partial charge in [-0.3, -0.25) is 4.79 Å². The van der Waals surface area contributed by atoms with Crippen molar-refractivity contribution >= 4 is 11.7 Å². The number of carbonyl (C=O) groups excluding carboxylic acids is 1. The van der Waals surface area contributed by atoms with Gasteiger partial charge in [0.25, 0.3) is 5.91 Å². The topological polar surface area (TPSA) is 66.9 Å². The summed E-state index contributed by atoms with van der Waals surface area (Å²) in [4.78, 5) is 20.3. The molecule has 1 aromatic heterocycles. The van der Waals surface area contributed by atoms with E-state index in [1.54, 1.807) is 24.3 Å². The van der Waals surface area contributed by atoms with Crippen LogP contribution < -0.4 is 10.6 Å². The van der Waals surface area contributed by atoms with E-state index in [0.717, 1.165) is 5.56 Å². The lowest BCUT2D eigenvalue weighted by molar-refractivity contribution is 0.0945. The summed E-state index contributed by atoms with van der Waals surface area (Å²) in [6.07, 6.45) is 1.32. The van der Waals surface area contributed by atoms with Gasteiger partial charge in [-0.15, -0.1) is 0 Å². The SMILES string of the molecule is O=C(NCc1ccccc1F)c1cc(NCc2ccccc2)ncn1. The third kappa shape index (κ3) is 4.60. The van der Waals surface area contributed by atoms with Crippen LogP contribution in [0.5, 0.6) is 0 Å². The average Bonchev–Trinajstić information content (AvgIpc) is 2.66. The molecule has 0 radical (unpaired) electrons. The first kappa shape index (κ1) is 16.6. The highest BCUT2D eigenvalue weighted by Gasteiger charge is 2.10. The average molecular weight is 336 g/mol. The summed E-state index contributed by atoms with van der Waals surface area (Å²) in [5.41, 5.74) is 1.75. The molecule has 126 valence electrons. The van der Waals surface area contributed by atoms with Crippen molar-refractivity contribution in [2.75, 3.05) is 5.32 Å². The van der Waals surface area contributed by atoms with Gasteiger partial charge < -0.3 is 10.6 Å². The molecule has 0 saturated heterocycles. The van der Waals surface area contributed by atoms with E-state index in [1.165, 1.54) is 12.4 Å². The molecule has 6 heteroatoms. The van der Waals surface area contributed by atoms with Crippen molar-refractivity contribution in [2.45, 2.75) is 13.1 Å². The zero-order valence-corrected chi connectivity index (χ0v) is 13.4. The lowest BCUT2D eigenvalue weighted by Crippen LogP contribution is -2.24. The predicted molar refractivity (Wildman–Crippen MR) is 93.4 cm³/mol. The Bertz CT molecular complexity index is 855. The normalized spacial score (nSPS) is 10.3. The second kappa shape index (κ2) is 8.01. The summed E-state index contributed by atoms with van der Waals surface area (Å²) in [5.74, 6) is -0.181. The van der Waals surface area contributed by atoms with Crippen LogP contribution in [0.1, 0.15) is 21.6 Å². The third-order valence-corrected chi connectivity index (χ3v) is 3.61. The molecule has 3 rings (SSSR count). The number of hydrogen-bond donors (Lipinski definition) is 2. The number of carbonyl (C=O) groups is 1. The first-order chi connectivity index (χ1) is 12.2. The molecule has 1 amide bonds. The highest BCUT2D eigenvalue weighted by Crippen LogP contribution is 2.09. The molecular weight excluding hydrogens is 319 g/mol. The zero-order chi connectivity index (χ0) is 17.5. The molecule has 0 spiro atoms. The van der Waals surface area contributed by atoms with Crippen molar-refractivity contribution in [2.24, 2.45) is 0 Å². The molecule has 0 atom stereocenters. The zero-order valence-electron chi connectivity index (χ0n) is 13.4. The molecule has 2 aromatic carbocycles. The van der Waals surface area contributed by atoms with E-state index in [4.69, 9.17) is 0 Å². The van der Waals surface area contributed by atoms with Gasteiger partial charge in [0.15, 0.2) is 0 Å². The van der Waals surface area contributed by atoms with Gasteiger partial charge in [-0.1, -0.05) is 48.5 Å². The first-order valence-corrected chi connectivity index (χ1v) is 7.84. The molecule has 5 nitrogen and oxygen atoms in total. The van der Waals surface area contributed by atoms with Crippen LogP contribution in [0, 0.1) is 5.82 Å². The molecule has 0 unspecified atom stereocenters. The Hall–Kier alpha value is -3.28. The number of anilines is 1. The fraction of sp³-hybridized carbons (Fsp3) is 0.105. The van der Waals surface area contributed by atoms with Crippen LogP contribution in [0.25, 0.3) is 0 Å². The van der Waals surface area contributed by atoms with Crippen molar-refractivity contribution in [3.8, 4) is 0 Å². The minimum absolute atomic E-state index is 0.0995. The first-order valence-electron chi connectivity index (χ1n) is 7.84. The predicted octanol–water partition coefficient (Wildman–Crippen LogP) is 3.16. The summed E-state index contributed by atoms with van der Waals surface area (Å²) < 4.78 is 13.6. The van der Waals surface area contributed by atoms with E-state index in [0.29, 0.717) is 17.9 Å². The third-order valence-electron chi connectivity index (χ3n) is 3.61. The Morgan fingerprint density at radius 3 is 2.52 bits per heavy atom. The van der Waals surface area contributed by atoms with Gasteiger partial charge in [-0.05, 0) is 11.6 Å². The summed E-state index contributed by atoms with van der Waals surface area (Å²) >= 11 is 0. The number of halogens is 1. The molecule has 25 heavy (non-hydrogen) atoms. The van der Waals surface area contributed by atoms with Crippen LogP contribution in [0.3, 0.4) is 0 Å². The maximum absolute atomic E-state index is 13.6. The number of nitrogens with one attached hydrogen (secondary N) is 2. The highest BCUT2D eigenvalue weighted by molar-refractivity contribution is 5.92. The van der Waals surface area contributed by atoms with Crippen LogP contribution in [-0.2, 0) is 13.1 Å². The van der Waals surface area contributed by atoms with E-state index in [-0.39, 0.29) is 24.0 Å². The highest BCUT2D eigenvalue weighted by atomic mass is 19.1. The van der Waals surface area contributed by atoms with E-state index in [9.17, 15) is 9.18 Å². The molecular formula is C19H17FN4O. The van der Waals surface area contributed by atoms with Crippen molar-refractivity contribution < 1.29 is 9.18 Å². The van der Waals surface area contributed by atoms with Gasteiger partial charge in [0.05, 0.1) is 0 Å². The molecule has 0 fully saturated rings. The molecule has 3 aromatic rings. The fourth-order valence-corrected chi connectivity index (χ4v) is 2.27. The quantitative estimate of drug-likeness (QED) is 0.726. The Kier molecular flexibility index (Phi) is 5.31. The minimum Gasteiger partial charge on any atom is -0.366 e. The van der Waals surface area contributed by atoms with Crippen LogP contribution in [0.4, 0.5) is 10.2 Å². The molecule has 1 heterocycles. The summed E-state index contributed by atoms with van der Waals surface area (Å²) in [6, 6.07) is 17.7. The second-order valence-electron chi connectivity index (χ2n) is 5.40. The van der Waals surface area contributed by atoms with E-state index >= 15 is 0 Å². The minimum atomic E-state index is -0.381. The maximum Gasteiger partial charge on any atom is 0.270 e. The molecule has 2 N–H and O–H groups in total. The molecule has 0 bridgehead atoms. The lowest BCUT2D eigenvalue weighted by atomic mass is 10.2. The molecule has 0 aliphatic rings. The van der Waals surface area contributed by atoms with Gasteiger partial charge in [-0.25, -0.2) is 14.4 Å². The van der Waals surface area contributed by atoms with Crippen LogP contribution in [0.15, 0.2) is 67.0 Å².